The lowest BCUT2D eigenvalue weighted by Gasteiger charge is -2.14. The molecular formula is C20H24N5OS2+. The van der Waals surface area contributed by atoms with Crippen LogP contribution in [0.5, 0.6) is 0 Å². The average molecular weight is 415 g/mol. The molecule has 146 valence electrons. The van der Waals surface area contributed by atoms with Gasteiger partial charge in [-0.2, -0.15) is 4.68 Å². The number of rotatable bonds is 7. The van der Waals surface area contributed by atoms with Gasteiger partial charge in [0, 0.05) is 24.2 Å². The number of carbonyl (C=O) groups is 1. The molecule has 1 unspecified atom stereocenters. The Hall–Kier alpha value is -2.29. The van der Waals surface area contributed by atoms with E-state index in [1.54, 1.807) is 18.4 Å². The second-order valence-electron chi connectivity index (χ2n) is 7.25. The molecule has 1 aliphatic carbocycles. The molecule has 4 rings (SSSR count). The van der Waals surface area contributed by atoms with Crippen LogP contribution in [0.3, 0.4) is 0 Å². The Labute approximate surface area is 173 Å². The number of hydrogen-bond acceptors (Lipinski definition) is 4. The fourth-order valence-electron chi connectivity index (χ4n) is 3.34. The van der Waals surface area contributed by atoms with Crippen molar-refractivity contribution in [1.82, 2.24) is 19.7 Å². The molecule has 0 saturated heterocycles. The molecule has 2 heterocycles. The minimum Gasteiger partial charge on any atom is -0.355 e. The molecule has 1 aliphatic rings. The van der Waals surface area contributed by atoms with Crippen LogP contribution < -0.4 is 10.2 Å². The van der Waals surface area contributed by atoms with Crippen LogP contribution in [0.25, 0.3) is 10.7 Å². The molecule has 0 bridgehead atoms. The Bertz CT molecular complexity index is 1020. The third kappa shape index (κ3) is 3.94. The third-order valence-corrected chi connectivity index (χ3v) is 6.17. The number of nitrogens with one attached hydrogen (secondary N) is 2. The molecule has 6 nitrogen and oxygen atoms in total. The van der Waals surface area contributed by atoms with Gasteiger partial charge in [0.2, 0.25) is 4.77 Å². The number of hydrogen-bond donors (Lipinski definition) is 2. The third-order valence-electron chi connectivity index (χ3n) is 4.89. The molecule has 0 spiro atoms. The van der Waals surface area contributed by atoms with Crippen LogP contribution in [0.1, 0.15) is 34.8 Å². The van der Waals surface area contributed by atoms with Crippen molar-refractivity contribution in [1.29, 1.82) is 0 Å². The zero-order valence-electron chi connectivity index (χ0n) is 16.0. The maximum Gasteiger partial charge on any atom is 0.251 e. The van der Waals surface area contributed by atoms with Gasteiger partial charge in [0.15, 0.2) is 12.5 Å². The molecule has 1 aromatic carbocycles. The number of thiophene rings is 1. The Balaban J connectivity index is 1.50. The van der Waals surface area contributed by atoms with Gasteiger partial charge in [-0.25, -0.2) is 0 Å². The molecule has 1 fully saturated rings. The Kier molecular flexibility index (Phi) is 5.43. The van der Waals surface area contributed by atoms with E-state index in [0.29, 0.717) is 18.3 Å². The first kappa shape index (κ1) is 19.0. The molecule has 3 aromatic rings. The van der Waals surface area contributed by atoms with Gasteiger partial charge in [0.05, 0.1) is 11.9 Å². The molecule has 1 atom stereocenters. The highest BCUT2D eigenvalue weighted by atomic mass is 32.1. The molecule has 0 radical (unpaired) electrons. The van der Waals surface area contributed by atoms with Gasteiger partial charge in [-0.05, 0) is 48.6 Å². The number of nitrogens with zero attached hydrogens (tertiary/aromatic N) is 3. The van der Waals surface area contributed by atoms with Gasteiger partial charge in [0.1, 0.15) is 6.54 Å². The molecule has 2 aromatic heterocycles. The summed E-state index contributed by atoms with van der Waals surface area (Å²) in [4.78, 5) is 14.1. The fourth-order valence-corrected chi connectivity index (χ4v) is 4.38. The lowest BCUT2D eigenvalue weighted by atomic mass is 10.1. The standard InChI is InChI=1S/C20H23N5OS2/c1-21-19(26)15-7-5-14(6-8-15)12-23(2)13-24-20(27)25(16-9-10-16)18(22-24)17-4-3-11-28-17/h3-8,11,16H,9-10,12-13H2,1-2H3,(H,21,26)/p+1. The van der Waals surface area contributed by atoms with Crippen LogP contribution in [-0.4, -0.2) is 34.4 Å². The molecule has 2 N–H and O–H groups in total. The number of benzene rings is 1. The zero-order valence-corrected chi connectivity index (χ0v) is 17.6. The molecule has 1 saturated carbocycles. The second-order valence-corrected chi connectivity index (χ2v) is 8.57. The van der Waals surface area contributed by atoms with Gasteiger partial charge < -0.3 is 10.2 Å². The van der Waals surface area contributed by atoms with Gasteiger partial charge in [-0.3, -0.25) is 9.36 Å². The average Bonchev–Trinajstić information content (AvgIpc) is 3.27. The van der Waals surface area contributed by atoms with E-state index in [-0.39, 0.29) is 5.91 Å². The summed E-state index contributed by atoms with van der Waals surface area (Å²) < 4.78 is 4.99. The van der Waals surface area contributed by atoms with Crippen molar-refractivity contribution in [3.63, 3.8) is 0 Å². The van der Waals surface area contributed by atoms with Crippen molar-refractivity contribution in [2.45, 2.75) is 32.1 Å². The first-order valence-corrected chi connectivity index (χ1v) is 10.7. The van der Waals surface area contributed by atoms with E-state index in [0.717, 1.165) is 17.1 Å². The van der Waals surface area contributed by atoms with Crippen LogP contribution in [0.4, 0.5) is 0 Å². The van der Waals surface area contributed by atoms with E-state index in [9.17, 15) is 4.79 Å². The van der Waals surface area contributed by atoms with Crippen molar-refractivity contribution in [3.8, 4) is 10.7 Å². The first-order valence-electron chi connectivity index (χ1n) is 9.42. The highest BCUT2D eigenvalue weighted by Crippen LogP contribution is 2.39. The van der Waals surface area contributed by atoms with Crippen LogP contribution in [0.2, 0.25) is 0 Å². The number of amides is 1. The van der Waals surface area contributed by atoms with Crippen molar-refractivity contribution < 1.29 is 9.69 Å². The summed E-state index contributed by atoms with van der Waals surface area (Å²) in [6.07, 6.45) is 2.36. The maximum absolute atomic E-state index is 11.7. The SMILES string of the molecule is CNC(=O)c1ccc(C[NH+](C)Cn2nc(-c3cccs3)n(C3CC3)c2=S)cc1. The summed E-state index contributed by atoms with van der Waals surface area (Å²) in [6, 6.07) is 12.4. The van der Waals surface area contributed by atoms with Crippen molar-refractivity contribution in [2.75, 3.05) is 14.1 Å². The van der Waals surface area contributed by atoms with Gasteiger partial charge in [-0.15, -0.1) is 16.4 Å². The maximum atomic E-state index is 11.7. The van der Waals surface area contributed by atoms with Crippen LogP contribution in [-0.2, 0) is 13.2 Å². The minimum absolute atomic E-state index is 0.0646. The van der Waals surface area contributed by atoms with E-state index in [2.05, 4.69) is 34.4 Å². The molecular weight excluding hydrogens is 390 g/mol. The summed E-state index contributed by atoms with van der Waals surface area (Å²) in [7, 11) is 3.78. The monoisotopic (exact) mass is 414 g/mol. The summed E-state index contributed by atoms with van der Waals surface area (Å²) in [6.45, 7) is 1.54. The van der Waals surface area contributed by atoms with Gasteiger partial charge in [0.25, 0.3) is 5.91 Å². The van der Waals surface area contributed by atoms with E-state index in [4.69, 9.17) is 17.3 Å². The van der Waals surface area contributed by atoms with Crippen molar-refractivity contribution in [3.05, 3.63) is 57.7 Å². The fraction of sp³-hybridized carbons (Fsp3) is 0.350. The summed E-state index contributed by atoms with van der Waals surface area (Å²) in [5.41, 5.74) is 1.85. The topological polar surface area (TPSA) is 56.3 Å². The molecule has 28 heavy (non-hydrogen) atoms. The smallest absolute Gasteiger partial charge is 0.251 e. The largest absolute Gasteiger partial charge is 0.355 e. The number of quaternary nitrogens is 1. The van der Waals surface area contributed by atoms with Crippen LogP contribution in [0, 0.1) is 4.77 Å². The molecule has 8 heteroatoms. The zero-order chi connectivity index (χ0) is 19.7. The predicted molar refractivity (Wildman–Crippen MR) is 113 cm³/mol. The van der Waals surface area contributed by atoms with Gasteiger partial charge in [-0.1, -0.05) is 18.2 Å². The lowest BCUT2D eigenvalue weighted by Crippen LogP contribution is -3.07. The second kappa shape index (κ2) is 7.98. The predicted octanol–water partition coefficient (Wildman–Crippen LogP) is 2.51. The van der Waals surface area contributed by atoms with E-state index < -0.39 is 0 Å². The summed E-state index contributed by atoms with van der Waals surface area (Å²) in [5, 5.41) is 9.58. The molecule has 1 amide bonds. The Morgan fingerprint density at radius 3 is 2.68 bits per heavy atom. The Morgan fingerprint density at radius 2 is 2.07 bits per heavy atom. The Morgan fingerprint density at radius 1 is 1.32 bits per heavy atom. The lowest BCUT2D eigenvalue weighted by molar-refractivity contribution is -0.917. The van der Waals surface area contributed by atoms with E-state index in [1.165, 1.54) is 28.2 Å². The van der Waals surface area contributed by atoms with Crippen LogP contribution >= 0.6 is 23.6 Å². The van der Waals surface area contributed by atoms with E-state index >= 15 is 0 Å². The van der Waals surface area contributed by atoms with Gasteiger partial charge >= 0.3 is 0 Å². The van der Waals surface area contributed by atoms with Crippen molar-refractivity contribution in [2.24, 2.45) is 0 Å². The number of aromatic nitrogens is 3. The highest BCUT2D eigenvalue weighted by molar-refractivity contribution is 7.71. The number of carbonyl (C=O) groups excluding carboxylic acids is 1. The van der Waals surface area contributed by atoms with Crippen LogP contribution in [0.15, 0.2) is 41.8 Å². The summed E-state index contributed by atoms with van der Waals surface area (Å²) in [5.74, 6) is 0.926. The van der Waals surface area contributed by atoms with Crippen molar-refractivity contribution >= 4 is 29.5 Å². The molecule has 0 aliphatic heterocycles. The normalized spacial score (nSPS) is 14.8. The summed E-state index contributed by atoms with van der Waals surface area (Å²) >= 11 is 7.46. The minimum atomic E-state index is -0.0646. The first-order chi connectivity index (χ1) is 13.6. The quantitative estimate of drug-likeness (QED) is 0.584. The van der Waals surface area contributed by atoms with E-state index in [1.807, 2.05) is 28.9 Å². The highest BCUT2D eigenvalue weighted by Gasteiger charge is 2.29.